The first-order chi connectivity index (χ1) is 10.7. The van der Waals surface area contributed by atoms with E-state index >= 15 is 0 Å². The lowest BCUT2D eigenvalue weighted by Gasteiger charge is -2.13. The summed E-state index contributed by atoms with van der Waals surface area (Å²) in [4.78, 5) is 15.5. The number of aromatic amines is 1. The van der Waals surface area contributed by atoms with E-state index in [4.69, 9.17) is 4.74 Å². The summed E-state index contributed by atoms with van der Waals surface area (Å²) in [6.07, 6.45) is 0. The molecular formula is C18H18N2O2. The van der Waals surface area contributed by atoms with Crippen LogP contribution in [0.2, 0.25) is 0 Å². The van der Waals surface area contributed by atoms with Crippen LogP contribution in [0, 0.1) is 0 Å². The van der Waals surface area contributed by atoms with Crippen LogP contribution in [0.15, 0.2) is 54.6 Å². The fourth-order valence-electron chi connectivity index (χ4n) is 2.46. The van der Waals surface area contributed by atoms with E-state index in [-0.39, 0.29) is 11.9 Å². The average molecular weight is 294 g/mol. The van der Waals surface area contributed by atoms with Crippen LogP contribution in [0.3, 0.4) is 0 Å². The van der Waals surface area contributed by atoms with Gasteiger partial charge in [-0.15, -0.1) is 0 Å². The van der Waals surface area contributed by atoms with Crippen LogP contribution in [-0.4, -0.2) is 18.0 Å². The number of benzene rings is 2. The quantitative estimate of drug-likeness (QED) is 0.771. The van der Waals surface area contributed by atoms with Gasteiger partial charge < -0.3 is 15.0 Å². The Morgan fingerprint density at radius 3 is 2.64 bits per heavy atom. The van der Waals surface area contributed by atoms with Gasteiger partial charge >= 0.3 is 0 Å². The Labute approximate surface area is 129 Å². The lowest BCUT2D eigenvalue weighted by Crippen LogP contribution is -2.26. The first kappa shape index (κ1) is 14.2. The van der Waals surface area contributed by atoms with Gasteiger partial charge in [-0.3, -0.25) is 4.79 Å². The molecule has 0 aliphatic carbocycles. The number of hydrogen-bond acceptors (Lipinski definition) is 2. The first-order valence-electron chi connectivity index (χ1n) is 7.20. The van der Waals surface area contributed by atoms with Crippen LogP contribution in [0.4, 0.5) is 0 Å². The molecule has 2 aromatic carbocycles. The summed E-state index contributed by atoms with van der Waals surface area (Å²) < 4.78 is 5.20. The molecule has 22 heavy (non-hydrogen) atoms. The second-order valence-corrected chi connectivity index (χ2v) is 5.24. The van der Waals surface area contributed by atoms with Crippen LogP contribution in [-0.2, 0) is 0 Å². The normalized spacial score (nSPS) is 12.1. The number of carbonyl (C=O) groups is 1. The molecule has 1 aromatic heterocycles. The van der Waals surface area contributed by atoms with Gasteiger partial charge in [0.2, 0.25) is 0 Å². The molecule has 0 unspecified atom stereocenters. The van der Waals surface area contributed by atoms with Crippen molar-refractivity contribution in [2.24, 2.45) is 0 Å². The molecule has 0 aliphatic heterocycles. The third kappa shape index (κ3) is 2.81. The Bertz CT molecular complexity index is 793. The van der Waals surface area contributed by atoms with Crippen LogP contribution in [0.1, 0.15) is 29.0 Å². The van der Waals surface area contributed by atoms with Crippen LogP contribution < -0.4 is 10.1 Å². The number of fused-ring (bicyclic) bond motifs is 1. The number of methoxy groups -OCH3 is 1. The molecular weight excluding hydrogens is 276 g/mol. The predicted molar refractivity (Wildman–Crippen MR) is 87.2 cm³/mol. The SMILES string of the molecule is COc1ccc2[nH]c(C(=O)N[C@H](C)c3ccccc3)cc2c1. The van der Waals surface area contributed by atoms with Crippen molar-refractivity contribution >= 4 is 16.8 Å². The summed E-state index contributed by atoms with van der Waals surface area (Å²) in [5.41, 5.74) is 2.54. The second kappa shape index (κ2) is 5.93. The Morgan fingerprint density at radius 1 is 1.14 bits per heavy atom. The van der Waals surface area contributed by atoms with Gasteiger partial charge in [0.1, 0.15) is 11.4 Å². The first-order valence-corrected chi connectivity index (χ1v) is 7.20. The van der Waals surface area contributed by atoms with Crippen molar-refractivity contribution in [3.8, 4) is 5.75 Å². The zero-order valence-electron chi connectivity index (χ0n) is 12.6. The summed E-state index contributed by atoms with van der Waals surface area (Å²) in [6.45, 7) is 1.97. The van der Waals surface area contributed by atoms with E-state index in [1.54, 1.807) is 7.11 Å². The number of aromatic nitrogens is 1. The number of hydrogen-bond donors (Lipinski definition) is 2. The molecule has 1 heterocycles. The number of carbonyl (C=O) groups excluding carboxylic acids is 1. The molecule has 0 saturated carbocycles. The summed E-state index contributed by atoms with van der Waals surface area (Å²) >= 11 is 0. The third-order valence-electron chi connectivity index (χ3n) is 3.72. The molecule has 112 valence electrons. The van der Waals surface area contributed by atoms with E-state index in [1.165, 1.54) is 0 Å². The zero-order valence-corrected chi connectivity index (χ0v) is 12.6. The lowest BCUT2D eigenvalue weighted by molar-refractivity contribution is 0.0935. The minimum atomic E-state index is -0.119. The van der Waals surface area contributed by atoms with Crippen LogP contribution in [0.25, 0.3) is 10.9 Å². The number of H-pyrrole nitrogens is 1. The summed E-state index contributed by atoms with van der Waals surface area (Å²) in [7, 11) is 1.63. The molecule has 3 aromatic rings. The molecule has 0 aliphatic rings. The molecule has 3 rings (SSSR count). The molecule has 0 fully saturated rings. The largest absolute Gasteiger partial charge is 0.497 e. The standard InChI is InChI=1S/C18H18N2O2/c1-12(13-6-4-3-5-7-13)19-18(21)17-11-14-10-15(22-2)8-9-16(14)20-17/h3-12,20H,1-2H3,(H,19,21)/t12-/m1/s1. The molecule has 1 amide bonds. The Hall–Kier alpha value is -2.75. The fraction of sp³-hybridized carbons (Fsp3) is 0.167. The highest BCUT2D eigenvalue weighted by molar-refractivity contribution is 5.98. The van der Waals surface area contributed by atoms with E-state index in [1.807, 2.05) is 61.5 Å². The Balaban J connectivity index is 1.80. The molecule has 0 saturated heterocycles. The van der Waals surface area contributed by atoms with Crippen molar-refractivity contribution in [3.05, 3.63) is 65.9 Å². The van der Waals surface area contributed by atoms with Gasteiger partial charge in [0.05, 0.1) is 13.2 Å². The maximum absolute atomic E-state index is 12.4. The molecule has 4 heteroatoms. The highest BCUT2D eigenvalue weighted by atomic mass is 16.5. The van der Waals surface area contributed by atoms with E-state index in [2.05, 4.69) is 10.3 Å². The van der Waals surface area contributed by atoms with Crippen molar-refractivity contribution < 1.29 is 9.53 Å². The second-order valence-electron chi connectivity index (χ2n) is 5.24. The van der Waals surface area contributed by atoms with Crippen molar-refractivity contribution in [1.82, 2.24) is 10.3 Å². The minimum Gasteiger partial charge on any atom is -0.497 e. The van der Waals surface area contributed by atoms with Crippen molar-refractivity contribution in [2.75, 3.05) is 7.11 Å². The minimum absolute atomic E-state index is 0.0466. The fourth-order valence-corrected chi connectivity index (χ4v) is 2.46. The van der Waals surface area contributed by atoms with Crippen molar-refractivity contribution in [1.29, 1.82) is 0 Å². The monoisotopic (exact) mass is 294 g/mol. The molecule has 2 N–H and O–H groups in total. The Kier molecular flexibility index (Phi) is 3.83. The van der Waals surface area contributed by atoms with Gasteiger partial charge in [-0.1, -0.05) is 30.3 Å². The van der Waals surface area contributed by atoms with Crippen LogP contribution >= 0.6 is 0 Å². The molecule has 0 radical (unpaired) electrons. The third-order valence-corrected chi connectivity index (χ3v) is 3.72. The number of nitrogens with one attached hydrogen (secondary N) is 2. The van der Waals surface area contributed by atoms with E-state index in [0.717, 1.165) is 22.2 Å². The van der Waals surface area contributed by atoms with Gasteiger partial charge in [0, 0.05) is 10.9 Å². The molecule has 0 bridgehead atoms. The number of ether oxygens (including phenoxy) is 1. The zero-order chi connectivity index (χ0) is 15.5. The topological polar surface area (TPSA) is 54.1 Å². The predicted octanol–water partition coefficient (Wildman–Crippen LogP) is 3.67. The van der Waals surface area contributed by atoms with E-state index < -0.39 is 0 Å². The Morgan fingerprint density at radius 2 is 1.91 bits per heavy atom. The average Bonchev–Trinajstić information content (AvgIpc) is 2.98. The summed E-state index contributed by atoms with van der Waals surface area (Å²) in [5.74, 6) is 0.655. The molecule has 4 nitrogen and oxygen atoms in total. The van der Waals surface area contributed by atoms with Gasteiger partial charge in [-0.05, 0) is 36.8 Å². The van der Waals surface area contributed by atoms with Crippen molar-refractivity contribution in [2.45, 2.75) is 13.0 Å². The van der Waals surface area contributed by atoms with Gasteiger partial charge in [0.25, 0.3) is 5.91 Å². The van der Waals surface area contributed by atoms with Crippen LogP contribution in [0.5, 0.6) is 5.75 Å². The lowest BCUT2D eigenvalue weighted by atomic mass is 10.1. The highest BCUT2D eigenvalue weighted by Gasteiger charge is 2.13. The van der Waals surface area contributed by atoms with E-state index in [9.17, 15) is 4.79 Å². The van der Waals surface area contributed by atoms with Gasteiger partial charge in [0.15, 0.2) is 0 Å². The number of rotatable bonds is 4. The smallest absolute Gasteiger partial charge is 0.268 e. The van der Waals surface area contributed by atoms with E-state index in [0.29, 0.717) is 5.69 Å². The maximum Gasteiger partial charge on any atom is 0.268 e. The number of amides is 1. The summed E-state index contributed by atoms with van der Waals surface area (Å²) in [6, 6.07) is 17.4. The maximum atomic E-state index is 12.4. The summed E-state index contributed by atoms with van der Waals surface area (Å²) in [5, 5.41) is 3.96. The molecule has 1 atom stereocenters. The van der Waals surface area contributed by atoms with Gasteiger partial charge in [-0.2, -0.15) is 0 Å². The highest BCUT2D eigenvalue weighted by Crippen LogP contribution is 2.22. The van der Waals surface area contributed by atoms with Gasteiger partial charge in [-0.25, -0.2) is 0 Å². The van der Waals surface area contributed by atoms with Crippen molar-refractivity contribution in [3.63, 3.8) is 0 Å². The molecule has 0 spiro atoms.